The molecule has 1 fully saturated rings. The highest BCUT2D eigenvalue weighted by Gasteiger charge is 2.24. The van der Waals surface area contributed by atoms with E-state index in [-0.39, 0.29) is 11.7 Å². The van der Waals surface area contributed by atoms with Gasteiger partial charge in [-0.1, -0.05) is 66.4 Å². The summed E-state index contributed by atoms with van der Waals surface area (Å²) < 4.78 is 8.17. The summed E-state index contributed by atoms with van der Waals surface area (Å²) in [7, 11) is 0. The second-order valence-electron chi connectivity index (χ2n) is 8.08. The predicted octanol–water partition coefficient (Wildman–Crippen LogP) is 6.71. The molecule has 0 bridgehead atoms. The number of aryl methyl sites for hydroxylation is 1. The van der Waals surface area contributed by atoms with E-state index in [1.165, 1.54) is 31.0 Å². The molecule has 1 heterocycles. The van der Waals surface area contributed by atoms with Crippen LogP contribution in [0.5, 0.6) is 5.75 Å². The number of halogens is 2. The summed E-state index contributed by atoms with van der Waals surface area (Å²) in [6.07, 6.45) is 5.75. The zero-order valence-corrected chi connectivity index (χ0v) is 20.7. The number of amides is 1. The maximum Gasteiger partial charge on any atom is 0.234 e. The molecular formula is C24H26Cl2N4O2S. The van der Waals surface area contributed by atoms with Gasteiger partial charge in [0.25, 0.3) is 0 Å². The first-order chi connectivity index (χ1) is 16.0. The molecule has 4 rings (SSSR count). The second kappa shape index (κ2) is 11.3. The van der Waals surface area contributed by atoms with Gasteiger partial charge in [-0.15, -0.1) is 10.2 Å². The third-order valence-corrected chi connectivity index (χ3v) is 7.35. The van der Waals surface area contributed by atoms with Crippen LogP contribution in [-0.2, 0) is 11.4 Å². The van der Waals surface area contributed by atoms with Crippen LogP contribution in [0.2, 0.25) is 10.0 Å². The average molecular weight is 505 g/mol. The summed E-state index contributed by atoms with van der Waals surface area (Å²) in [6, 6.07) is 13.1. The van der Waals surface area contributed by atoms with Crippen LogP contribution in [0.15, 0.2) is 47.6 Å². The van der Waals surface area contributed by atoms with Gasteiger partial charge in [0.1, 0.15) is 12.4 Å². The lowest BCUT2D eigenvalue weighted by molar-refractivity contribution is -0.113. The van der Waals surface area contributed by atoms with Gasteiger partial charge < -0.3 is 10.1 Å². The minimum absolute atomic E-state index is 0.138. The Hall–Kier alpha value is -2.22. The van der Waals surface area contributed by atoms with E-state index < -0.39 is 0 Å². The van der Waals surface area contributed by atoms with Gasteiger partial charge in [-0.25, -0.2) is 0 Å². The van der Waals surface area contributed by atoms with Crippen LogP contribution >= 0.6 is 35.0 Å². The van der Waals surface area contributed by atoms with Crippen molar-refractivity contribution >= 4 is 46.6 Å². The molecule has 174 valence electrons. The number of anilines is 1. The van der Waals surface area contributed by atoms with E-state index in [9.17, 15) is 4.79 Å². The smallest absolute Gasteiger partial charge is 0.234 e. The lowest BCUT2D eigenvalue weighted by Gasteiger charge is -2.25. The molecular weight excluding hydrogens is 479 g/mol. The van der Waals surface area contributed by atoms with Gasteiger partial charge in [-0.05, 0) is 55.7 Å². The lowest BCUT2D eigenvalue weighted by Crippen LogP contribution is -2.19. The Bertz CT molecular complexity index is 1120. The van der Waals surface area contributed by atoms with E-state index in [0.29, 0.717) is 28.4 Å². The Morgan fingerprint density at radius 1 is 1.12 bits per heavy atom. The number of rotatable bonds is 8. The standard InChI is InChI=1S/C24H26Cl2N4O2S/c1-16-13-18(11-12-19(16)25)32-14-22-28-29-24(30(22)17-7-3-2-4-8-17)33-15-23(31)27-21-10-6-5-9-20(21)26/h5-6,9-13,17H,2-4,7-8,14-15H2,1H3,(H,27,31). The number of ether oxygens (including phenoxy) is 1. The van der Waals surface area contributed by atoms with Gasteiger partial charge in [0.05, 0.1) is 16.5 Å². The summed E-state index contributed by atoms with van der Waals surface area (Å²) in [4.78, 5) is 12.5. The number of para-hydroxylation sites is 1. The predicted molar refractivity (Wildman–Crippen MR) is 133 cm³/mol. The number of hydrogen-bond donors (Lipinski definition) is 1. The van der Waals surface area contributed by atoms with E-state index in [0.717, 1.165) is 35.1 Å². The lowest BCUT2D eigenvalue weighted by atomic mass is 9.95. The Balaban J connectivity index is 1.46. The summed E-state index contributed by atoms with van der Waals surface area (Å²) in [6.45, 7) is 2.25. The number of hydrogen-bond acceptors (Lipinski definition) is 5. The van der Waals surface area contributed by atoms with E-state index in [1.807, 2.05) is 37.3 Å². The van der Waals surface area contributed by atoms with Crippen molar-refractivity contribution in [3.63, 3.8) is 0 Å². The number of nitrogens with zero attached hydrogens (tertiary/aromatic N) is 3. The fraction of sp³-hybridized carbons (Fsp3) is 0.375. The molecule has 2 aromatic carbocycles. The molecule has 1 amide bonds. The molecule has 6 nitrogen and oxygen atoms in total. The molecule has 0 spiro atoms. The summed E-state index contributed by atoms with van der Waals surface area (Å²) in [5, 5.41) is 13.6. The Labute approximate surface area is 208 Å². The highest BCUT2D eigenvalue weighted by molar-refractivity contribution is 7.99. The van der Waals surface area contributed by atoms with Gasteiger partial charge >= 0.3 is 0 Å². The van der Waals surface area contributed by atoms with Gasteiger partial charge in [-0.3, -0.25) is 9.36 Å². The van der Waals surface area contributed by atoms with Crippen LogP contribution in [0.4, 0.5) is 5.69 Å². The Kier molecular flexibility index (Phi) is 8.17. The van der Waals surface area contributed by atoms with Crippen LogP contribution in [0, 0.1) is 6.92 Å². The van der Waals surface area contributed by atoms with Gasteiger partial charge in [0.15, 0.2) is 11.0 Å². The van der Waals surface area contributed by atoms with Crippen molar-refractivity contribution in [2.75, 3.05) is 11.1 Å². The summed E-state index contributed by atoms with van der Waals surface area (Å²) >= 11 is 13.7. The number of aromatic nitrogens is 3. The fourth-order valence-corrected chi connectivity index (χ4v) is 5.07. The van der Waals surface area contributed by atoms with Crippen molar-refractivity contribution in [2.24, 2.45) is 0 Å². The molecule has 0 saturated heterocycles. The number of carbonyl (C=O) groups is 1. The summed E-state index contributed by atoms with van der Waals surface area (Å²) in [5.74, 6) is 1.58. The van der Waals surface area contributed by atoms with Gasteiger partial charge in [0.2, 0.25) is 5.91 Å². The molecule has 0 atom stereocenters. The third kappa shape index (κ3) is 6.22. The van der Waals surface area contributed by atoms with Crippen molar-refractivity contribution in [1.82, 2.24) is 14.8 Å². The molecule has 1 aromatic heterocycles. The van der Waals surface area contributed by atoms with Gasteiger partial charge in [-0.2, -0.15) is 0 Å². The topological polar surface area (TPSA) is 69.0 Å². The first-order valence-electron chi connectivity index (χ1n) is 11.0. The highest BCUT2D eigenvalue weighted by Crippen LogP contribution is 2.33. The molecule has 1 N–H and O–H groups in total. The molecule has 0 aliphatic heterocycles. The maximum absolute atomic E-state index is 12.5. The first-order valence-corrected chi connectivity index (χ1v) is 12.8. The number of benzene rings is 2. The van der Waals surface area contributed by atoms with Crippen molar-refractivity contribution in [1.29, 1.82) is 0 Å². The molecule has 1 aliphatic carbocycles. The van der Waals surface area contributed by atoms with Crippen molar-refractivity contribution < 1.29 is 9.53 Å². The molecule has 0 radical (unpaired) electrons. The minimum Gasteiger partial charge on any atom is -0.486 e. The van der Waals surface area contributed by atoms with Crippen LogP contribution in [0.3, 0.4) is 0 Å². The SMILES string of the molecule is Cc1cc(OCc2nnc(SCC(=O)Nc3ccccc3Cl)n2C2CCCCC2)ccc1Cl. The first kappa shape index (κ1) is 23.9. The summed E-state index contributed by atoms with van der Waals surface area (Å²) in [5.41, 5.74) is 1.56. The third-order valence-electron chi connectivity index (χ3n) is 5.65. The molecule has 1 aliphatic rings. The molecule has 1 saturated carbocycles. The number of thioether (sulfide) groups is 1. The van der Waals surface area contributed by atoms with E-state index >= 15 is 0 Å². The van der Waals surface area contributed by atoms with Crippen LogP contribution in [0.25, 0.3) is 0 Å². The fourth-order valence-electron chi connectivity index (χ4n) is 3.94. The number of nitrogens with one attached hydrogen (secondary N) is 1. The Morgan fingerprint density at radius 2 is 1.91 bits per heavy atom. The normalized spacial score (nSPS) is 14.3. The monoisotopic (exact) mass is 504 g/mol. The van der Waals surface area contributed by atoms with Crippen LogP contribution in [0.1, 0.15) is 49.5 Å². The number of carbonyl (C=O) groups excluding carboxylic acids is 1. The van der Waals surface area contributed by atoms with E-state index in [2.05, 4.69) is 20.1 Å². The highest BCUT2D eigenvalue weighted by atomic mass is 35.5. The molecule has 33 heavy (non-hydrogen) atoms. The largest absolute Gasteiger partial charge is 0.486 e. The molecule has 0 unspecified atom stereocenters. The van der Waals surface area contributed by atoms with Crippen molar-refractivity contribution in [2.45, 2.75) is 56.8 Å². The van der Waals surface area contributed by atoms with Crippen LogP contribution < -0.4 is 10.1 Å². The second-order valence-corrected chi connectivity index (χ2v) is 9.83. The van der Waals surface area contributed by atoms with E-state index in [1.54, 1.807) is 12.1 Å². The van der Waals surface area contributed by atoms with Gasteiger partial charge in [0, 0.05) is 11.1 Å². The average Bonchev–Trinajstić information content (AvgIpc) is 3.23. The van der Waals surface area contributed by atoms with Crippen molar-refractivity contribution in [3.8, 4) is 5.75 Å². The maximum atomic E-state index is 12.5. The van der Waals surface area contributed by atoms with Crippen LogP contribution in [-0.4, -0.2) is 26.4 Å². The Morgan fingerprint density at radius 3 is 2.67 bits per heavy atom. The molecule has 9 heteroatoms. The quantitative estimate of drug-likeness (QED) is 0.345. The van der Waals surface area contributed by atoms with E-state index in [4.69, 9.17) is 27.9 Å². The van der Waals surface area contributed by atoms with Crippen molar-refractivity contribution in [3.05, 3.63) is 63.9 Å². The minimum atomic E-state index is -0.138. The zero-order valence-electron chi connectivity index (χ0n) is 18.4. The molecule has 3 aromatic rings. The zero-order chi connectivity index (χ0) is 23.2.